The van der Waals surface area contributed by atoms with E-state index in [4.69, 9.17) is 4.74 Å². The molecule has 0 radical (unpaired) electrons. The summed E-state index contributed by atoms with van der Waals surface area (Å²) in [6.45, 7) is 6.52. The highest BCUT2D eigenvalue weighted by Crippen LogP contribution is 2.23. The number of aliphatic hydroxyl groups is 1. The van der Waals surface area contributed by atoms with Crippen LogP contribution in [0.25, 0.3) is 0 Å². The number of hydrogen-bond donors (Lipinski definition) is 2. The molecule has 0 aromatic heterocycles. The summed E-state index contributed by atoms with van der Waals surface area (Å²) in [7, 11) is 0. The third-order valence-electron chi connectivity index (χ3n) is 3.45. The zero-order chi connectivity index (χ0) is 11.9. The number of aliphatic hydroxyl groups excluding tert-OH is 1. The fourth-order valence-electron chi connectivity index (χ4n) is 2.38. The molecule has 1 saturated carbocycles. The lowest BCUT2D eigenvalue weighted by atomic mass is 9.90. The van der Waals surface area contributed by atoms with Gasteiger partial charge in [-0.15, -0.1) is 0 Å². The van der Waals surface area contributed by atoms with E-state index < -0.39 is 0 Å². The minimum atomic E-state index is -0.274. The van der Waals surface area contributed by atoms with E-state index in [-0.39, 0.29) is 12.1 Å². The SMILES string of the molecule is CCNC(C)(CO)COCC1CCCCC1. The lowest BCUT2D eigenvalue weighted by molar-refractivity contribution is 0.0223. The average molecular weight is 229 g/mol. The lowest BCUT2D eigenvalue weighted by Gasteiger charge is -2.29. The third-order valence-corrected chi connectivity index (χ3v) is 3.45. The van der Waals surface area contributed by atoms with Gasteiger partial charge in [0.25, 0.3) is 0 Å². The fraction of sp³-hybridized carbons (Fsp3) is 1.00. The number of likely N-dealkylation sites (N-methyl/N-ethyl adjacent to an activating group) is 1. The van der Waals surface area contributed by atoms with E-state index in [0.717, 1.165) is 19.1 Å². The summed E-state index contributed by atoms with van der Waals surface area (Å²) >= 11 is 0. The largest absolute Gasteiger partial charge is 0.394 e. The van der Waals surface area contributed by atoms with Gasteiger partial charge < -0.3 is 15.2 Å². The van der Waals surface area contributed by atoms with Gasteiger partial charge in [0.15, 0.2) is 0 Å². The summed E-state index contributed by atoms with van der Waals surface area (Å²) in [4.78, 5) is 0. The maximum absolute atomic E-state index is 9.31. The first-order valence-corrected chi connectivity index (χ1v) is 6.64. The van der Waals surface area contributed by atoms with E-state index in [1.165, 1.54) is 32.1 Å². The smallest absolute Gasteiger partial charge is 0.0668 e. The molecule has 0 saturated heterocycles. The Bertz CT molecular complexity index is 181. The highest BCUT2D eigenvalue weighted by atomic mass is 16.5. The van der Waals surface area contributed by atoms with Crippen molar-refractivity contribution < 1.29 is 9.84 Å². The molecular weight excluding hydrogens is 202 g/mol. The Balaban J connectivity index is 2.16. The summed E-state index contributed by atoms with van der Waals surface area (Å²) in [5.74, 6) is 0.748. The van der Waals surface area contributed by atoms with Crippen LogP contribution in [0.1, 0.15) is 46.0 Å². The first-order chi connectivity index (χ1) is 7.70. The summed E-state index contributed by atoms with van der Waals surface area (Å²) in [5, 5.41) is 12.6. The molecule has 1 aliphatic rings. The molecule has 1 fully saturated rings. The Kier molecular flexibility index (Phi) is 6.32. The molecule has 1 unspecified atom stereocenters. The second kappa shape index (κ2) is 7.25. The summed E-state index contributed by atoms with van der Waals surface area (Å²) in [5.41, 5.74) is -0.274. The molecule has 1 rings (SSSR count). The van der Waals surface area contributed by atoms with Crippen molar-refractivity contribution in [3.63, 3.8) is 0 Å². The Morgan fingerprint density at radius 1 is 1.31 bits per heavy atom. The van der Waals surface area contributed by atoms with Gasteiger partial charge in [-0.25, -0.2) is 0 Å². The molecule has 0 aliphatic heterocycles. The monoisotopic (exact) mass is 229 g/mol. The lowest BCUT2D eigenvalue weighted by Crippen LogP contribution is -2.49. The maximum atomic E-state index is 9.31. The van der Waals surface area contributed by atoms with Gasteiger partial charge in [0, 0.05) is 6.61 Å². The van der Waals surface area contributed by atoms with Crippen LogP contribution in [0.4, 0.5) is 0 Å². The maximum Gasteiger partial charge on any atom is 0.0668 e. The van der Waals surface area contributed by atoms with Crippen molar-refractivity contribution in [2.24, 2.45) is 5.92 Å². The minimum absolute atomic E-state index is 0.130. The van der Waals surface area contributed by atoms with Gasteiger partial charge in [0.2, 0.25) is 0 Å². The van der Waals surface area contributed by atoms with Crippen molar-refractivity contribution in [2.75, 3.05) is 26.4 Å². The topological polar surface area (TPSA) is 41.5 Å². The first kappa shape index (κ1) is 13.9. The van der Waals surface area contributed by atoms with Crippen molar-refractivity contribution in [1.82, 2.24) is 5.32 Å². The van der Waals surface area contributed by atoms with Crippen LogP contribution in [-0.4, -0.2) is 37.0 Å². The van der Waals surface area contributed by atoms with Gasteiger partial charge in [0.05, 0.1) is 18.8 Å². The Morgan fingerprint density at radius 3 is 2.56 bits per heavy atom. The van der Waals surface area contributed by atoms with Gasteiger partial charge in [0.1, 0.15) is 0 Å². The van der Waals surface area contributed by atoms with Crippen LogP contribution in [0.15, 0.2) is 0 Å². The molecule has 0 bridgehead atoms. The molecule has 0 aromatic carbocycles. The number of rotatable bonds is 7. The summed E-state index contributed by atoms with van der Waals surface area (Å²) in [6.07, 6.45) is 6.74. The van der Waals surface area contributed by atoms with Crippen molar-refractivity contribution in [1.29, 1.82) is 0 Å². The van der Waals surface area contributed by atoms with Crippen LogP contribution in [0, 0.1) is 5.92 Å². The zero-order valence-electron chi connectivity index (χ0n) is 10.8. The molecule has 0 aromatic rings. The van der Waals surface area contributed by atoms with Gasteiger partial charge in [-0.3, -0.25) is 0 Å². The van der Waals surface area contributed by atoms with Crippen LogP contribution in [0.5, 0.6) is 0 Å². The van der Waals surface area contributed by atoms with E-state index in [1.807, 2.05) is 6.92 Å². The number of nitrogens with one attached hydrogen (secondary N) is 1. The number of hydrogen-bond acceptors (Lipinski definition) is 3. The highest BCUT2D eigenvalue weighted by Gasteiger charge is 2.23. The standard InChI is InChI=1S/C13H27NO2/c1-3-14-13(2,10-15)11-16-9-12-7-5-4-6-8-12/h12,14-15H,3-11H2,1-2H3. The fourth-order valence-corrected chi connectivity index (χ4v) is 2.38. The molecule has 0 amide bonds. The van der Waals surface area contributed by atoms with Crippen LogP contribution in [0.2, 0.25) is 0 Å². The van der Waals surface area contributed by atoms with Gasteiger partial charge >= 0.3 is 0 Å². The zero-order valence-corrected chi connectivity index (χ0v) is 10.8. The van der Waals surface area contributed by atoms with Crippen molar-refractivity contribution in [3.05, 3.63) is 0 Å². The molecule has 0 heterocycles. The van der Waals surface area contributed by atoms with E-state index in [2.05, 4.69) is 12.2 Å². The molecule has 0 spiro atoms. The van der Waals surface area contributed by atoms with Crippen LogP contribution >= 0.6 is 0 Å². The van der Waals surface area contributed by atoms with Crippen molar-refractivity contribution in [3.8, 4) is 0 Å². The second-order valence-electron chi connectivity index (χ2n) is 5.27. The molecule has 16 heavy (non-hydrogen) atoms. The van der Waals surface area contributed by atoms with Crippen molar-refractivity contribution in [2.45, 2.75) is 51.5 Å². The Hall–Kier alpha value is -0.120. The van der Waals surface area contributed by atoms with Crippen molar-refractivity contribution >= 4 is 0 Å². The predicted molar refractivity (Wildman–Crippen MR) is 66.6 cm³/mol. The quantitative estimate of drug-likeness (QED) is 0.701. The summed E-state index contributed by atoms with van der Waals surface area (Å²) < 4.78 is 5.76. The first-order valence-electron chi connectivity index (χ1n) is 6.64. The molecule has 3 heteroatoms. The highest BCUT2D eigenvalue weighted by molar-refractivity contribution is 4.81. The van der Waals surface area contributed by atoms with Gasteiger partial charge in [-0.05, 0) is 32.2 Å². The van der Waals surface area contributed by atoms with Crippen LogP contribution in [0.3, 0.4) is 0 Å². The third kappa shape index (κ3) is 4.81. The second-order valence-corrected chi connectivity index (χ2v) is 5.27. The van der Waals surface area contributed by atoms with Gasteiger partial charge in [-0.1, -0.05) is 26.2 Å². The van der Waals surface area contributed by atoms with E-state index in [1.54, 1.807) is 0 Å². The molecular formula is C13H27NO2. The van der Waals surface area contributed by atoms with Gasteiger partial charge in [-0.2, -0.15) is 0 Å². The minimum Gasteiger partial charge on any atom is -0.394 e. The molecule has 1 atom stereocenters. The number of ether oxygens (including phenoxy) is 1. The molecule has 96 valence electrons. The normalized spacial score (nSPS) is 21.9. The van der Waals surface area contributed by atoms with E-state index >= 15 is 0 Å². The van der Waals surface area contributed by atoms with Crippen LogP contribution < -0.4 is 5.32 Å². The molecule has 2 N–H and O–H groups in total. The molecule has 3 nitrogen and oxygen atoms in total. The summed E-state index contributed by atoms with van der Waals surface area (Å²) in [6, 6.07) is 0. The predicted octanol–water partition coefficient (Wildman–Crippen LogP) is 1.94. The molecule has 1 aliphatic carbocycles. The van der Waals surface area contributed by atoms with E-state index in [9.17, 15) is 5.11 Å². The van der Waals surface area contributed by atoms with E-state index in [0.29, 0.717) is 6.61 Å². The average Bonchev–Trinajstić information content (AvgIpc) is 2.31. The van der Waals surface area contributed by atoms with Crippen LogP contribution in [-0.2, 0) is 4.74 Å². The Labute approximate surface area is 99.6 Å². The Morgan fingerprint density at radius 2 is 2.00 bits per heavy atom.